The van der Waals surface area contributed by atoms with E-state index in [1.807, 2.05) is 0 Å². The molecule has 1 saturated heterocycles. The number of alkyl halides is 3. The molecule has 294 valence electrons. The Labute approximate surface area is 313 Å². The first kappa shape index (κ1) is 42.2. The van der Waals surface area contributed by atoms with Crippen LogP contribution in [0.5, 0.6) is 0 Å². The van der Waals surface area contributed by atoms with Crippen molar-refractivity contribution in [3.8, 4) is 0 Å². The summed E-state index contributed by atoms with van der Waals surface area (Å²) in [7, 11) is 0. The molecule has 11 nitrogen and oxygen atoms in total. The van der Waals surface area contributed by atoms with Crippen molar-refractivity contribution in [1.29, 1.82) is 0 Å². The molecule has 0 spiro atoms. The van der Waals surface area contributed by atoms with E-state index in [1.165, 1.54) is 18.2 Å². The lowest BCUT2D eigenvalue weighted by atomic mass is 9.91. The molecule has 2 aromatic carbocycles. The Morgan fingerprint density at radius 1 is 0.944 bits per heavy atom. The summed E-state index contributed by atoms with van der Waals surface area (Å²) in [6, 6.07) is 12.8. The first-order chi connectivity index (χ1) is 25.9. The van der Waals surface area contributed by atoms with Gasteiger partial charge in [-0.2, -0.15) is 13.2 Å². The third-order valence-corrected chi connectivity index (χ3v) is 9.05. The van der Waals surface area contributed by atoms with Crippen molar-refractivity contribution >= 4 is 29.8 Å². The number of carbonyl (C=O) groups is 4. The zero-order chi connectivity index (χ0) is 39.1. The molecule has 1 aliphatic heterocycles. The average molecular weight is 759 g/mol. The standard InChI is InChI=1S/C40H49F3N2O9/c1-3-5-9-18-39(19-10-6-4-2)53-33-24-30(37(49)45-25-27-12-11-14-29(22-27)36(48)44-20-21-46)23-32(35(33)54-39)52-38(50)31-15-8-7-13-28(31)16-17-34(47)51-26-40(41,42)43/h7-8,11-17,22,24,32-33,35,46H,3-6,9-10,18-21,23,25-26H2,1-2H3,(H,44,48)(H,45,49). The molecule has 4 rings (SSSR count). The van der Waals surface area contributed by atoms with Gasteiger partial charge in [0.25, 0.3) is 5.91 Å². The summed E-state index contributed by atoms with van der Waals surface area (Å²) >= 11 is 0. The molecule has 2 aliphatic rings. The number of fused-ring (bicyclic) bond motifs is 1. The van der Waals surface area contributed by atoms with Crippen molar-refractivity contribution in [2.75, 3.05) is 19.8 Å². The van der Waals surface area contributed by atoms with Crippen molar-refractivity contribution < 1.29 is 56.4 Å². The highest BCUT2D eigenvalue weighted by Gasteiger charge is 2.52. The van der Waals surface area contributed by atoms with Gasteiger partial charge in [0, 0.05) is 49.6 Å². The van der Waals surface area contributed by atoms with Crippen molar-refractivity contribution in [3.05, 3.63) is 88.5 Å². The number of unbranched alkanes of at least 4 members (excludes halogenated alkanes) is 4. The number of rotatable bonds is 19. The van der Waals surface area contributed by atoms with Crippen LogP contribution >= 0.6 is 0 Å². The lowest BCUT2D eigenvalue weighted by Gasteiger charge is -2.31. The van der Waals surface area contributed by atoms with Crippen molar-refractivity contribution in [1.82, 2.24) is 10.6 Å². The zero-order valence-corrected chi connectivity index (χ0v) is 30.6. The molecule has 3 unspecified atom stereocenters. The maximum atomic E-state index is 13.8. The minimum absolute atomic E-state index is 0.00647. The summed E-state index contributed by atoms with van der Waals surface area (Å²) in [5.74, 6) is -3.76. The van der Waals surface area contributed by atoms with Crippen LogP contribution in [0.25, 0.3) is 6.08 Å². The van der Waals surface area contributed by atoms with Gasteiger partial charge in [0.2, 0.25) is 5.91 Å². The maximum Gasteiger partial charge on any atom is 0.422 e. The van der Waals surface area contributed by atoms with E-state index in [0.717, 1.165) is 44.6 Å². The van der Waals surface area contributed by atoms with Gasteiger partial charge in [-0.25, -0.2) is 9.59 Å². The van der Waals surface area contributed by atoms with Crippen LogP contribution in [0.3, 0.4) is 0 Å². The Morgan fingerprint density at radius 3 is 2.35 bits per heavy atom. The van der Waals surface area contributed by atoms with Gasteiger partial charge in [-0.15, -0.1) is 0 Å². The molecule has 0 aromatic heterocycles. The van der Waals surface area contributed by atoms with Gasteiger partial charge in [-0.3, -0.25) is 9.59 Å². The predicted molar refractivity (Wildman–Crippen MR) is 193 cm³/mol. The fourth-order valence-corrected chi connectivity index (χ4v) is 6.38. The molecule has 2 aromatic rings. The van der Waals surface area contributed by atoms with Crippen molar-refractivity contribution in [2.45, 2.75) is 108 Å². The van der Waals surface area contributed by atoms with Crippen molar-refractivity contribution in [2.24, 2.45) is 0 Å². The molecule has 14 heteroatoms. The van der Waals surface area contributed by atoms with Gasteiger partial charge in [0.1, 0.15) is 18.3 Å². The van der Waals surface area contributed by atoms with E-state index in [-0.39, 0.29) is 43.2 Å². The third kappa shape index (κ3) is 12.5. The minimum atomic E-state index is -4.69. The molecule has 1 heterocycles. The number of esters is 2. The van der Waals surface area contributed by atoms with Gasteiger partial charge in [-0.05, 0) is 54.3 Å². The summed E-state index contributed by atoms with van der Waals surface area (Å²) < 4.78 is 61.2. The number of nitrogens with one attached hydrogen (secondary N) is 2. The Kier molecular flexibility index (Phi) is 15.8. The quantitative estimate of drug-likeness (QED) is 0.0848. The van der Waals surface area contributed by atoms with Gasteiger partial charge >= 0.3 is 18.1 Å². The van der Waals surface area contributed by atoms with E-state index >= 15 is 0 Å². The number of ether oxygens (including phenoxy) is 4. The smallest absolute Gasteiger partial charge is 0.422 e. The number of halogens is 3. The molecule has 2 amide bonds. The Bertz CT molecular complexity index is 1650. The summed E-state index contributed by atoms with van der Waals surface area (Å²) in [4.78, 5) is 51.8. The SMILES string of the molecule is CCCCCC1(CCCCC)OC2C=C(C(=O)NCc3cccc(C(=O)NCCO)c3)CC(OC(=O)c3ccccc3C=CC(=O)OCC(F)(F)F)C2O1. The number of hydrogen-bond donors (Lipinski definition) is 3. The molecule has 0 bridgehead atoms. The van der Waals surface area contributed by atoms with Gasteiger partial charge < -0.3 is 34.7 Å². The maximum absolute atomic E-state index is 13.8. The largest absolute Gasteiger partial charge is 0.456 e. The molecule has 54 heavy (non-hydrogen) atoms. The van der Waals surface area contributed by atoms with Crippen LogP contribution in [0, 0.1) is 0 Å². The van der Waals surface area contributed by atoms with E-state index in [0.29, 0.717) is 29.5 Å². The normalized spacial score (nSPS) is 19.1. The first-order valence-electron chi connectivity index (χ1n) is 18.4. The summed E-state index contributed by atoms with van der Waals surface area (Å²) in [5, 5.41) is 14.5. The topological polar surface area (TPSA) is 149 Å². The number of hydrogen-bond acceptors (Lipinski definition) is 9. The van der Waals surface area contributed by atoms with E-state index in [2.05, 4.69) is 29.2 Å². The minimum Gasteiger partial charge on any atom is -0.456 e. The number of benzene rings is 2. The molecule has 3 atom stereocenters. The monoisotopic (exact) mass is 758 g/mol. The van der Waals surface area contributed by atoms with E-state index in [9.17, 15) is 32.3 Å². The highest BCUT2D eigenvalue weighted by Crippen LogP contribution is 2.43. The van der Waals surface area contributed by atoms with E-state index in [1.54, 1.807) is 42.5 Å². The molecular weight excluding hydrogens is 709 g/mol. The van der Waals surface area contributed by atoms with Crippen LogP contribution in [0.15, 0.2) is 66.3 Å². The van der Waals surface area contributed by atoms with Crippen molar-refractivity contribution in [3.63, 3.8) is 0 Å². The summed E-state index contributed by atoms with van der Waals surface area (Å²) in [6.07, 6.45) is 3.46. The van der Waals surface area contributed by atoms with Crippen LogP contribution in [-0.4, -0.2) is 78.9 Å². The Hall–Kier alpha value is -4.53. The lowest BCUT2D eigenvalue weighted by Crippen LogP contribution is -2.43. The van der Waals surface area contributed by atoms with E-state index in [4.69, 9.17) is 19.3 Å². The van der Waals surface area contributed by atoms with Crippen LogP contribution < -0.4 is 10.6 Å². The number of amides is 2. The predicted octanol–water partition coefficient (Wildman–Crippen LogP) is 6.34. The highest BCUT2D eigenvalue weighted by molar-refractivity contribution is 5.97. The Morgan fingerprint density at radius 2 is 1.67 bits per heavy atom. The fourth-order valence-electron chi connectivity index (χ4n) is 6.38. The number of aliphatic hydroxyl groups is 1. The number of carbonyl (C=O) groups excluding carboxylic acids is 4. The van der Waals surface area contributed by atoms with E-state index < -0.39 is 54.7 Å². The first-order valence-corrected chi connectivity index (χ1v) is 18.4. The molecule has 3 N–H and O–H groups in total. The fraction of sp³-hybridized carbons (Fsp3) is 0.500. The molecular formula is C40H49F3N2O9. The summed E-state index contributed by atoms with van der Waals surface area (Å²) in [6.45, 7) is 2.46. The molecule has 1 aliphatic carbocycles. The lowest BCUT2D eigenvalue weighted by molar-refractivity contribution is -0.190. The van der Waals surface area contributed by atoms with Crippen LogP contribution in [0.2, 0.25) is 0 Å². The van der Waals surface area contributed by atoms with Gasteiger partial charge in [0.15, 0.2) is 12.4 Å². The van der Waals surface area contributed by atoms with Gasteiger partial charge in [0.05, 0.1) is 12.2 Å². The molecule has 0 radical (unpaired) electrons. The third-order valence-electron chi connectivity index (χ3n) is 9.05. The second-order valence-electron chi connectivity index (χ2n) is 13.3. The second-order valence-corrected chi connectivity index (χ2v) is 13.3. The molecule has 1 fully saturated rings. The van der Waals surface area contributed by atoms with Gasteiger partial charge in [-0.1, -0.05) is 69.9 Å². The summed E-state index contributed by atoms with van der Waals surface area (Å²) in [5.41, 5.74) is 1.59. The number of aliphatic hydroxyl groups excluding tert-OH is 1. The zero-order valence-electron chi connectivity index (χ0n) is 30.6. The second kappa shape index (κ2) is 20.2. The average Bonchev–Trinajstić information content (AvgIpc) is 3.53. The molecule has 0 saturated carbocycles. The van der Waals surface area contributed by atoms with Crippen LogP contribution in [0.4, 0.5) is 13.2 Å². The van der Waals surface area contributed by atoms with Crippen LogP contribution in [0.1, 0.15) is 103 Å². The Balaban J connectivity index is 1.56. The van der Waals surface area contributed by atoms with Crippen LogP contribution in [-0.2, 0) is 35.1 Å². The highest BCUT2D eigenvalue weighted by atomic mass is 19.4.